The summed E-state index contributed by atoms with van der Waals surface area (Å²) in [5, 5.41) is 0. The second-order valence-electron chi connectivity index (χ2n) is 5.59. The Kier molecular flexibility index (Phi) is 7.44. The Hall–Kier alpha value is -0.570. The number of unbranched alkanes of at least 4 members (excludes halogenated alkanes) is 2. The molecular formula is C14H29NO2. The summed E-state index contributed by atoms with van der Waals surface area (Å²) < 4.78 is 5.21. The van der Waals surface area contributed by atoms with Crippen LogP contribution in [0.3, 0.4) is 0 Å². The Bertz CT molecular complexity index is 224. The molecular weight excluding hydrogens is 214 g/mol. The van der Waals surface area contributed by atoms with Gasteiger partial charge in [0.2, 0.25) is 0 Å². The van der Waals surface area contributed by atoms with Gasteiger partial charge < -0.3 is 4.74 Å². The smallest absolute Gasteiger partial charge is 0.320 e. The lowest BCUT2D eigenvalue weighted by Gasteiger charge is -2.38. The van der Waals surface area contributed by atoms with Gasteiger partial charge in [-0.2, -0.15) is 0 Å². The first-order valence-electron chi connectivity index (χ1n) is 6.69. The van der Waals surface area contributed by atoms with Crippen LogP contribution in [0.5, 0.6) is 0 Å². The number of carbonyl (C=O) groups excluding carboxylic acids is 1. The first-order valence-corrected chi connectivity index (χ1v) is 6.69. The van der Waals surface area contributed by atoms with Crippen molar-refractivity contribution in [2.75, 3.05) is 20.2 Å². The number of likely N-dealkylation sites (N-methyl/N-ethyl adjacent to an activating group) is 1. The average Bonchev–Trinajstić information content (AvgIpc) is 2.24. The molecule has 0 aromatic carbocycles. The third-order valence-electron chi connectivity index (χ3n) is 3.77. The van der Waals surface area contributed by atoms with Crippen molar-refractivity contribution in [1.82, 2.24) is 4.90 Å². The molecule has 0 aliphatic carbocycles. The fraction of sp³-hybridized carbons (Fsp3) is 0.929. The maximum atomic E-state index is 11.6. The lowest BCUT2D eigenvalue weighted by molar-refractivity contribution is -0.146. The fourth-order valence-corrected chi connectivity index (χ4v) is 1.42. The van der Waals surface area contributed by atoms with E-state index in [9.17, 15) is 4.79 Å². The maximum absolute atomic E-state index is 11.6. The number of ether oxygens (including phenoxy) is 1. The predicted octanol–water partition coefficient (Wildman–Crippen LogP) is 3.09. The van der Waals surface area contributed by atoms with E-state index in [-0.39, 0.29) is 11.5 Å². The predicted molar refractivity (Wildman–Crippen MR) is 72.0 cm³/mol. The van der Waals surface area contributed by atoms with Crippen LogP contribution in [-0.2, 0) is 9.53 Å². The van der Waals surface area contributed by atoms with Crippen molar-refractivity contribution in [2.24, 2.45) is 5.92 Å². The van der Waals surface area contributed by atoms with Crippen molar-refractivity contribution < 1.29 is 9.53 Å². The number of rotatable bonds is 8. The van der Waals surface area contributed by atoms with E-state index in [1.807, 2.05) is 7.05 Å². The van der Waals surface area contributed by atoms with Crippen molar-refractivity contribution in [3.63, 3.8) is 0 Å². The molecule has 0 aliphatic rings. The molecule has 0 saturated carbocycles. The SMILES string of the molecule is CCCCCOC(=O)CN(C)C(C)(C)C(C)C. The van der Waals surface area contributed by atoms with Crippen LogP contribution in [0.25, 0.3) is 0 Å². The molecule has 102 valence electrons. The summed E-state index contributed by atoms with van der Waals surface area (Å²) in [6, 6.07) is 0. The molecule has 3 nitrogen and oxygen atoms in total. The first-order chi connectivity index (χ1) is 7.82. The maximum Gasteiger partial charge on any atom is 0.320 e. The minimum absolute atomic E-state index is 0.0163. The van der Waals surface area contributed by atoms with Crippen LogP contribution in [0.15, 0.2) is 0 Å². The number of hydrogen-bond acceptors (Lipinski definition) is 3. The van der Waals surface area contributed by atoms with E-state index < -0.39 is 0 Å². The molecule has 0 saturated heterocycles. The Morgan fingerprint density at radius 1 is 1.29 bits per heavy atom. The highest BCUT2D eigenvalue weighted by molar-refractivity contribution is 5.71. The average molecular weight is 243 g/mol. The van der Waals surface area contributed by atoms with Gasteiger partial charge in [-0.25, -0.2) is 0 Å². The topological polar surface area (TPSA) is 29.5 Å². The summed E-state index contributed by atoms with van der Waals surface area (Å²) in [5.74, 6) is 0.387. The molecule has 0 spiro atoms. The number of nitrogens with zero attached hydrogens (tertiary/aromatic N) is 1. The van der Waals surface area contributed by atoms with Crippen LogP contribution >= 0.6 is 0 Å². The quantitative estimate of drug-likeness (QED) is 0.484. The zero-order valence-corrected chi connectivity index (χ0v) is 12.4. The van der Waals surface area contributed by atoms with Crippen molar-refractivity contribution in [2.45, 2.75) is 59.4 Å². The molecule has 0 aliphatic heterocycles. The molecule has 17 heavy (non-hydrogen) atoms. The van der Waals surface area contributed by atoms with Gasteiger partial charge in [0.1, 0.15) is 0 Å². The lowest BCUT2D eigenvalue weighted by Crippen LogP contribution is -2.47. The molecule has 0 heterocycles. The summed E-state index contributed by atoms with van der Waals surface area (Å²) in [6.45, 7) is 11.7. The minimum atomic E-state index is -0.114. The summed E-state index contributed by atoms with van der Waals surface area (Å²) in [4.78, 5) is 13.7. The Labute approximate surface area is 107 Å². The highest BCUT2D eigenvalue weighted by Gasteiger charge is 2.28. The lowest BCUT2D eigenvalue weighted by atomic mass is 9.89. The van der Waals surface area contributed by atoms with Gasteiger partial charge in [0.05, 0.1) is 13.2 Å². The number of hydrogen-bond donors (Lipinski definition) is 0. The van der Waals surface area contributed by atoms with Crippen LogP contribution in [0.4, 0.5) is 0 Å². The number of esters is 1. The van der Waals surface area contributed by atoms with Gasteiger partial charge >= 0.3 is 5.97 Å². The van der Waals surface area contributed by atoms with Crippen molar-refractivity contribution in [3.8, 4) is 0 Å². The monoisotopic (exact) mass is 243 g/mol. The van der Waals surface area contributed by atoms with E-state index in [0.717, 1.165) is 19.3 Å². The summed E-state index contributed by atoms with van der Waals surface area (Å²) >= 11 is 0. The van der Waals surface area contributed by atoms with E-state index in [4.69, 9.17) is 4.74 Å². The van der Waals surface area contributed by atoms with Gasteiger partial charge in [-0.05, 0) is 33.2 Å². The molecule has 0 fully saturated rings. The van der Waals surface area contributed by atoms with E-state index in [0.29, 0.717) is 19.1 Å². The van der Waals surface area contributed by atoms with Crippen molar-refractivity contribution in [1.29, 1.82) is 0 Å². The molecule has 0 N–H and O–H groups in total. The molecule has 0 unspecified atom stereocenters. The minimum Gasteiger partial charge on any atom is -0.465 e. The van der Waals surface area contributed by atoms with Crippen molar-refractivity contribution >= 4 is 5.97 Å². The van der Waals surface area contributed by atoms with Gasteiger partial charge in [-0.3, -0.25) is 9.69 Å². The van der Waals surface area contributed by atoms with Crippen LogP contribution in [0, 0.1) is 5.92 Å². The normalized spacial score (nSPS) is 12.2. The summed E-state index contributed by atoms with van der Waals surface area (Å²) in [5.41, 5.74) is 0.0163. The zero-order valence-electron chi connectivity index (χ0n) is 12.4. The molecule has 0 aromatic heterocycles. The van der Waals surface area contributed by atoms with Crippen LogP contribution in [0.1, 0.15) is 53.9 Å². The van der Waals surface area contributed by atoms with Gasteiger partial charge in [0, 0.05) is 5.54 Å². The second-order valence-corrected chi connectivity index (χ2v) is 5.59. The standard InChI is InChI=1S/C14H29NO2/c1-7-8-9-10-17-13(16)11-15(6)14(4,5)12(2)3/h12H,7-11H2,1-6H3. The van der Waals surface area contributed by atoms with E-state index in [1.165, 1.54) is 0 Å². The van der Waals surface area contributed by atoms with Gasteiger partial charge in [0.15, 0.2) is 0 Å². The Morgan fingerprint density at radius 3 is 2.35 bits per heavy atom. The van der Waals surface area contributed by atoms with Gasteiger partial charge in [0.25, 0.3) is 0 Å². The molecule has 0 amide bonds. The highest BCUT2D eigenvalue weighted by Crippen LogP contribution is 2.22. The zero-order chi connectivity index (χ0) is 13.5. The van der Waals surface area contributed by atoms with E-state index in [2.05, 4.69) is 39.5 Å². The van der Waals surface area contributed by atoms with Crippen LogP contribution < -0.4 is 0 Å². The summed E-state index contributed by atoms with van der Waals surface area (Å²) in [7, 11) is 1.98. The third kappa shape index (κ3) is 6.06. The van der Waals surface area contributed by atoms with E-state index >= 15 is 0 Å². The van der Waals surface area contributed by atoms with Crippen molar-refractivity contribution in [3.05, 3.63) is 0 Å². The molecule has 0 aromatic rings. The van der Waals surface area contributed by atoms with Gasteiger partial charge in [-0.15, -0.1) is 0 Å². The Morgan fingerprint density at radius 2 is 1.88 bits per heavy atom. The van der Waals surface area contributed by atoms with E-state index in [1.54, 1.807) is 0 Å². The molecule has 3 heteroatoms. The second kappa shape index (κ2) is 7.70. The summed E-state index contributed by atoms with van der Waals surface area (Å²) in [6.07, 6.45) is 3.25. The fourth-order valence-electron chi connectivity index (χ4n) is 1.42. The first kappa shape index (κ1) is 16.4. The highest BCUT2D eigenvalue weighted by atomic mass is 16.5. The van der Waals surface area contributed by atoms with Crippen LogP contribution in [-0.4, -0.2) is 36.6 Å². The van der Waals surface area contributed by atoms with Gasteiger partial charge in [-0.1, -0.05) is 33.6 Å². The largest absolute Gasteiger partial charge is 0.465 e. The molecule has 0 bridgehead atoms. The molecule has 0 atom stereocenters. The molecule has 0 rings (SSSR count). The molecule has 0 radical (unpaired) electrons. The third-order valence-corrected chi connectivity index (χ3v) is 3.77. The number of carbonyl (C=O) groups is 1. The Balaban J connectivity index is 3.95. The van der Waals surface area contributed by atoms with Crippen LogP contribution in [0.2, 0.25) is 0 Å².